The molecule has 123 heavy (non-hydrogen) atoms. The summed E-state index contributed by atoms with van der Waals surface area (Å²) in [4.78, 5) is 0. The monoisotopic (exact) mass is 1720 g/mol. The van der Waals surface area contributed by atoms with Crippen molar-refractivity contribution in [3.05, 3.63) is 108 Å². The van der Waals surface area contributed by atoms with E-state index in [0.717, 1.165) is 113 Å². The minimum Gasteiger partial charge on any atom is -0.379 e. The van der Waals surface area contributed by atoms with Gasteiger partial charge in [0.05, 0.1) is 52.9 Å². The number of ether oxygens (including phenoxy) is 10. The van der Waals surface area contributed by atoms with Gasteiger partial charge in [-0.05, 0) is 137 Å². The summed E-state index contributed by atoms with van der Waals surface area (Å²) in [6.07, 6.45) is 47.8. The van der Waals surface area contributed by atoms with Gasteiger partial charge in [-0.25, -0.2) is 0 Å². The SMILES string of the molecule is CC(C)CCC[C@@H](C)CCC[C@H](C)CCC[C@H](C)CCOC[C@@H](COC[C@H]1O[C@H](OC[C@H](COCC[C@@H](C)CCC[C@@H](C)CCC[C@H](C)CCCC(C)C)OCC[C@@H](C)CCC[C@@H](C)CCC[C@H](C)CCCC(C)C)[C@H](OCc2ccccc2)[C@@H](OCc2ccccc2)[C@@H]1OCc1ccccc1)OCC[C@@H](C)CCC[C@@H](C)CCC[C@H](C)CCCC(C)C. The Bertz CT molecular complexity index is 2780. The van der Waals surface area contributed by atoms with E-state index in [2.05, 4.69) is 229 Å². The van der Waals surface area contributed by atoms with E-state index in [-0.39, 0.29) is 25.4 Å². The lowest BCUT2D eigenvalue weighted by Crippen LogP contribution is -2.62. The van der Waals surface area contributed by atoms with Gasteiger partial charge >= 0.3 is 0 Å². The molecule has 1 fully saturated rings. The highest BCUT2D eigenvalue weighted by Gasteiger charge is 2.49. The summed E-state index contributed by atoms with van der Waals surface area (Å²) >= 11 is 0. The maximum absolute atomic E-state index is 7.43. The van der Waals surface area contributed by atoms with Crippen molar-refractivity contribution in [1.29, 1.82) is 0 Å². The lowest BCUT2D eigenvalue weighted by molar-refractivity contribution is -0.332. The third-order valence-corrected chi connectivity index (χ3v) is 27.6. The molecule has 0 aliphatic carbocycles. The van der Waals surface area contributed by atoms with Crippen LogP contribution in [0.3, 0.4) is 0 Å². The Hall–Kier alpha value is -2.74. The molecule has 0 unspecified atom stereocenters. The van der Waals surface area contributed by atoms with Crippen LogP contribution >= 0.6 is 0 Å². The van der Waals surface area contributed by atoms with Gasteiger partial charge in [-0.2, -0.15) is 0 Å². The summed E-state index contributed by atoms with van der Waals surface area (Å²) in [5.74, 6) is 11.9. The predicted molar refractivity (Wildman–Crippen MR) is 526 cm³/mol. The fraction of sp³-hybridized carbons (Fsp3) is 0.841. The third-order valence-electron chi connectivity index (χ3n) is 27.6. The van der Waals surface area contributed by atoms with Crippen molar-refractivity contribution >= 4 is 0 Å². The highest BCUT2D eigenvalue weighted by molar-refractivity contribution is 5.16. The van der Waals surface area contributed by atoms with Gasteiger partial charge in [-0.15, -0.1) is 0 Å². The van der Waals surface area contributed by atoms with E-state index in [1.807, 2.05) is 0 Å². The van der Waals surface area contributed by atoms with Crippen LogP contribution in [0.1, 0.15) is 412 Å². The Labute approximate surface area is 762 Å². The van der Waals surface area contributed by atoms with Gasteiger partial charge in [0.1, 0.15) is 36.6 Å². The van der Waals surface area contributed by atoms with Crippen LogP contribution in [0.25, 0.3) is 0 Å². The van der Waals surface area contributed by atoms with E-state index in [4.69, 9.17) is 47.4 Å². The first kappa shape index (κ1) is 113. The van der Waals surface area contributed by atoms with Crippen molar-refractivity contribution in [2.24, 2.45) is 94.7 Å². The van der Waals surface area contributed by atoms with Gasteiger partial charge in [0.15, 0.2) is 6.29 Å². The highest BCUT2D eigenvalue weighted by Crippen LogP contribution is 2.35. The Morgan fingerprint density at radius 2 is 0.455 bits per heavy atom. The molecule has 1 heterocycles. The van der Waals surface area contributed by atoms with Crippen LogP contribution in [0, 0.1) is 94.7 Å². The molecule has 3 aromatic carbocycles. The molecule has 0 radical (unpaired) electrons. The first-order valence-corrected chi connectivity index (χ1v) is 52.5. The average Bonchev–Trinajstić information content (AvgIpc) is 0.786. The molecule has 1 saturated heterocycles. The molecule has 1 aliphatic heterocycles. The Kier molecular flexibility index (Phi) is 65.9. The summed E-state index contributed by atoms with van der Waals surface area (Å²) in [6, 6.07) is 31.3. The van der Waals surface area contributed by atoms with E-state index in [0.29, 0.717) is 89.7 Å². The number of benzene rings is 3. The van der Waals surface area contributed by atoms with Crippen molar-refractivity contribution in [2.75, 3.05) is 59.5 Å². The molecule has 0 aromatic heterocycles. The van der Waals surface area contributed by atoms with E-state index >= 15 is 0 Å². The van der Waals surface area contributed by atoms with Crippen molar-refractivity contribution in [1.82, 2.24) is 0 Å². The van der Waals surface area contributed by atoms with Gasteiger partial charge in [-0.3, -0.25) is 0 Å². The lowest BCUT2D eigenvalue weighted by Gasteiger charge is -2.46. The van der Waals surface area contributed by atoms with Crippen LogP contribution in [-0.2, 0) is 67.2 Å². The summed E-state index contributed by atoms with van der Waals surface area (Å²) in [6.45, 7) is 53.6. The molecule has 0 spiro atoms. The quantitative estimate of drug-likeness (QED) is 0.0509. The molecule has 0 saturated carbocycles. The summed E-state index contributed by atoms with van der Waals surface area (Å²) < 4.78 is 70.8. The first-order valence-electron chi connectivity index (χ1n) is 52.5. The minimum atomic E-state index is -0.878. The topological polar surface area (TPSA) is 92.3 Å². The van der Waals surface area contributed by atoms with Gasteiger partial charge in [-0.1, -0.05) is 461 Å². The van der Waals surface area contributed by atoms with Crippen LogP contribution in [0.5, 0.6) is 0 Å². The standard InChI is InChI=1S/C113H202O10/c1-88(2)42-30-46-92(9)50-34-54-96(13)58-38-62-100(17)72-76-114-83-107(117-78-74-102(19)64-40-60-98(15)56-36-52-94(11)48-32-44-90(5)6)85-116-87-109-110(119-80-104-66-24-21-25-67-104)111(120-81-105-68-26-22-27-69-105)112(121-82-106-70-28-23-29-71-106)113(123-109)122-86-108(118-79-75-103(20)65-41-61-99(16)57-37-53-95(12)49-33-45-91(7)8)84-115-77-73-101(18)63-39-59-97(14)55-35-51-93(10)47-31-43-89(3)4/h21-29,66-71,88-103,107-113H,30-65,72-87H2,1-20H3/t92-,93-,94-,95-,96+,97+,98+,99+,100+,101+,102+,103+,107+,108+,109-,110-,111+,112-,113+/m1/s1. The van der Waals surface area contributed by atoms with Gasteiger partial charge in [0.2, 0.25) is 0 Å². The van der Waals surface area contributed by atoms with Gasteiger partial charge in [0, 0.05) is 26.4 Å². The molecular formula is C113H202O10. The summed E-state index contributed by atoms with van der Waals surface area (Å²) in [5.41, 5.74) is 3.16. The van der Waals surface area contributed by atoms with Crippen LogP contribution in [0.2, 0.25) is 0 Å². The molecule has 714 valence electrons. The van der Waals surface area contributed by atoms with E-state index in [9.17, 15) is 0 Å². The normalized spacial score (nSPS) is 19.5. The highest BCUT2D eigenvalue weighted by atomic mass is 16.7. The molecular weight excluding hydrogens is 1520 g/mol. The minimum absolute atomic E-state index is 0.209. The second-order valence-corrected chi connectivity index (χ2v) is 43.0. The fourth-order valence-corrected chi connectivity index (χ4v) is 18.4. The van der Waals surface area contributed by atoms with E-state index in [1.54, 1.807) is 0 Å². The number of hydrogen-bond acceptors (Lipinski definition) is 10. The second kappa shape index (κ2) is 71.9. The van der Waals surface area contributed by atoms with E-state index < -0.39 is 30.7 Å². The first-order chi connectivity index (χ1) is 59.3. The molecule has 0 bridgehead atoms. The van der Waals surface area contributed by atoms with Crippen molar-refractivity contribution in [3.8, 4) is 0 Å². The zero-order valence-electron chi connectivity index (χ0n) is 84.3. The lowest BCUT2D eigenvalue weighted by atomic mass is 9.91. The summed E-state index contributed by atoms with van der Waals surface area (Å²) in [5, 5.41) is 0. The number of rotatable bonds is 82. The predicted octanol–water partition coefficient (Wildman–Crippen LogP) is 32.2. The molecule has 19 atom stereocenters. The van der Waals surface area contributed by atoms with Crippen LogP contribution in [0.15, 0.2) is 91.0 Å². The fourth-order valence-electron chi connectivity index (χ4n) is 18.4. The zero-order chi connectivity index (χ0) is 89.5. The molecule has 1 aliphatic rings. The molecule has 0 amide bonds. The van der Waals surface area contributed by atoms with Crippen LogP contribution in [0.4, 0.5) is 0 Å². The van der Waals surface area contributed by atoms with E-state index in [1.165, 1.54) is 231 Å². The maximum atomic E-state index is 7.43. The molecule has 0 N–H and O–H groups in total. The number of hydrogen-bond donors (Lipinski definition) is 0. The largest absolute Gasteiger partial charge is 0.379 e. The molecule has 10 heteroatoms. The Balaban J connectivity index is 1.58. The third kappa shape index (κ3) is 60.0. The van der Waals surface area contributed by atoms with Crippen LogP contribution in [-0.4, -0.2) is 102 Å². The summed E-state index contributed by atoms with van der Waals surface area (Å²) in [7, 11) is 0. The van der Waals surface area contributed by atoms with Crippen molar-refractivity contribution in [2.45, 2.75) is 458 Å². The van der Waals surface area contributed by atoms with Crippen LogP contribution < -0.4 is 0 Å². The maximum Gasteiger partial charge on any atom is 0.187 e. The molecule has 3 aromatic rings. The zero-order valence-corrected chi connectivity index (χ0v) is 84.3. The molecule has 4 rings (SSSR count). The van der Waals surface area contributed by atoms with Crippen molar-refractivity contribution < 1.29 is 47.4 Å². The Morgan fingerprint density at radius 3 is 0.732 bits per heavy atom. The van der Waals surface area contributed by atoms with Crippen molar-refractivity contribution in [3.63, 3.8) is 0 Å². The van der Waals surface area contributed by atoms with Gasteiger partial charge in [0.25, 0.3) is 0 Å². The second-order valence-electron chi connectivity index (χ2n) is 43.0. The van der Waals surface area contributed by atoms with Gasteiger partial charge < -0.3 is 47.4 Å². The molecule has 10 nitrogen and oxygen atoms in total. The Morgan fingerprint density at radius 1 is 0.228 bits per heavy atom. The average molecular weight is 1720 g/mol. The smallest absolute Gasteiger partial charge is 0.187 e.